The molecule has 2 unspecified atom stereocenters. The predicted octanol–water partition coefficient (Wildman–Crippen LogP) is 5.49. The zero-order valence-corrected chi connectivity index (χ0v) is 18.5. The molecular weight excluding hydrogens is 453 g/mol. The molecule has 27 heavy (non-hydrogen) atoms. The first-order valence-electron chi connectivity index (χ1n) is 8.57. The van der Waals surface area contributed by atoms with Gasteiger partial charge in [0.15, 0.2) is 0 Å². The van der Waals surface area contributed by atoms with Crippen LogP contribution in [0.25, 0.3) is 10.4 Å². The first kappa shape index (κ1) is 22.2. The van der Waals surface area contributed by atoms with Gasteiger partial charge in [-0.2, -0.15) is 0 Å². The van der Waals surface area contributed by atoms with Crippen molar-refractivity contribution in [1.82, 2.24) is 10.2 Å². The molecule has 0 aliphatic carbocycles. The van der Waals surface area contributed by atoms with Crippen LogP contribution in [0, 0.1) is 10.1 Å². The Balaban J connectivity index is 2.09. The summed E-state index contributed by atoms with van der Waals surface area (Å²) in [4.78, 5) is 11.3. The van der Waals surface area contributed by atoms with E-state index < -0.39 is 7.67 Å². The fourth-order valence-corrected chi connectivity index (χ4v) is 5.44. The Bertz CT molecular complexity index is 788. The highest BCUT2D eigenvalue weighted by molar-refractivity contribution is 9.09. The highest BCUT2D eigenvalue weighted by Crippen LogP contribution is 2.43. The quantitative estimate of drug-likeness (QED) is 0.193. The molecule has 2 aromatic rings. The average molecular weight is 476 g/mol. The van der Waals surface area contributed by atoms with Crippen LogP contribution in [0.3, 0.4) is 0 Å². The Labute approximate surface area is 171 Å². The van der Waals surface area contributed by atoms with Crippen LogP contribution in [0.1, 0.15) is 31.9 Å². The minimum absolute atomic E-state index is 0.117. The van der Waals surface area contributed by atoms with E-state index in [-0.39, 0.29) is 16.0 Å². The van der Waals surface area contributed by atoms with Crippen molar-refractivity contribution in [1.29, 1.82) is 0 Å². The summed E-state index contributed by atoms with van der Waals surface area (Å²) in [7, 11) is -3.15. The number of thiophene rings is 1. The average Bonchev–Trinajstić information content (AvgIpc) is 3.15. The van der Waals surface area contributed by atoms with Gasteiger partial charge in [0, 0.05) is 29.4 Å². The van der Waals surface area contributed by atoms with E-state index in [1.54, 1.807) is 6.07 Å². The second kappa shape index (κ2) is 10.5. The molecule has 0 amide bonds. The van der Waals surface area contributed by atoms with Gasteiger partial charge in [0.05, 0.1) is 11.0 Å². The Morgan fingerprint density at radius 2 is 1.89 bits per heavy atom. The molecule has 148 valence electrons. The lowest BCUT2D eigenvalue weighted by Gasteiger charge is -2.24. The van der Waals surface area contributed by atoms with Gasteiger partial charge in [-0.05, 0) is 30.5 Å². The number of nitrogens with one attached hydrogen (secondary N) is 2. The predicted molar refractivity (Wildman–Crippen MR) is 114 cm³/mol. The topological polar surface area (TPSA) is 93.5 Å². The van der Waals surface area contributed by atoms with Crippen molar-refractivity contribution in [3.05, 3.63) is 52.1 Å². The van der Waals surface area contributed by atoms with Crippen molar-refractivity contribution in [3.8, 4) is 10.4 Å². The fraction of sp³-hybridized carbons (Fsp3) is 0.412. The molecule has 0 saturated carbocycles. The van der Waals surface area contributed by atoms with Gasteiger partial charge in [0.1, 0.15) is 0 Å². The maximum Gasteiger partial charge on any atom is 0.341 e. The molecule has 7 nitrogen and oxygen atoms in total. The van der Waals surface area contributed by atoms with Crippen LogP contribution in [0.15, 0.2) is 36.4 Å². The van der Waals surface area contributed by atoms with Gasteiger partial charge >= 0.3 is 12.7 Å². The van der Waals surface area contributed by atoms with Gasteiger partial charge in [-0.15, -0.1) is 0 Å². The molecule has 0 bridgehead atoms. The van der Waals surface area contributed by atoms with Crippen LogP contribution in [0.5, 0.6) is 0 Å². The van der Waals surface area contributed by atoms with Gasteiger partial charge in [-0.25, -0.2) is 10.2 Å². The zero-order chi connectivity index (χ0) is 19.9. The van der Waals surface area contributed by atoms with Crippen LogP contribution >= 0.6 is 34.9 Å². The van der Waals surface area contributed by atoms with Crippen molar-refractivity contribution in [2.45, 2.75) is 26.4 Å². The fourth-order valence-electron chi connectivity index (χ4n) is 2.36. The number of hydrogen-bond donors (Lipinski definition) is 2. The maximum absolute atomic E-state index is 12.9. The molecule has 2 N–H and O–H groups in total. The van der Waals surface area contributed by atoms with Crippen molar-refractivity contribution in [2.24, 2.45) is 0 Å². The lowest BCUT2D eigenvalue weighted by molar-refractivity contribution is -0.380. The summed E-state index contributed by atoms with van der Waals surface area (Å²) in [5, 5.41) is 17.5. The summed E-state index contributed by atoms with van der Waals surface area (Å²) >= 11 is 4.45. The highest BCUT2D eigenvalue weighted by Gasteiger charge is 2.25. The van der Waals surface area contributed by atoms with Crippen LogP contribution < -0.4 is 10.2 Å². The van der Waals surface area contributed by atoms with E-state index >= 15 is 0 Å². The summed E-state index contributed by atoms with van der Waals surface area (Å²) < 4.78 is 18.8. The van der Waals surface area contributed by atoms with Gasteiger partial charge in [0.25, 0.3) is 0 Å². The largest absolute Gasteiger partial charge is 0.341 e. The molecule has 1 aromatic carbocycles. The second-order valence-corrected chi connectivity index (χ2v) is 9.62. The molecule has 0 aliphatic heterocycles. The zero-order valence-electron chi connectivity index (χ0n) is 15.2. The third-order valence-electron chi connectivity index (χ3n) is 3.73. The van der Waals surface area contributed by atoms with Crippen molar-refractivity contribution >= 4 is 39.9 Å². The van der Waals surface area contributed by atoms with E-state index in [0.29, 0.717) is 18.4 Å². The van der Waals surface area contributed by atoms with Crippen molar-refractivity contribution < 1.29 is 14.0 Å². The Morgan fingerprint density at radius 3 is 2.44 bits per heavy atom. The van der Waals surface area contributed by atoms with Gasteiger partial charge in [-0.1, -0.05) is 58.5 Å². The molecule has 2 atom stereocenters. The number of hydrogen-bond acceptors (Lipinski definition) is 5. The molecular formula is C17H23BrN3O4PS. The summed E-state index contributed by atoms with van der Waals surface area (Å²) in [6.45, 7) is 4.96. The maximum atomic E-state index is 12.9. The molecule has 0 fully saturated rings. The van der Waals surface area contributed by atoms with E-state index in [2.05, 4.69) is 26.1 Å². The van der Waals surface area contributed by atoms with Crippen molar-refractivity contribution in [2.75, 3.05) is 18.4 Å². The molecule has 1 heterocycles. The highest BCUT2D eigenvalue weighted by atomic mass is 79.9. The lowest BCUT2D eigenvalue weighted by Crippen LogP contribution is -2.27. The third-order valence-corrected chi connectivity index (χ3v) is 7.10. The minimum atomic E-state index is -3.15. The van der Waals surface area contributed by atoms with Crippen molar-refractivity contribution in [3.63, 3.8) is 0 Å². The summed E-state index contributed by atoms with van der Waals surface area (Å²) in [6, 6.07) is 10.8. The molecule has 1 aromatic heterocycles. The van der Waals surface area contributed by atoms with Crippen LogP contribution in [-0.4, -0.2) is 23.3 Å². The number of alkyl halides is 1. The second-order valence-electron chi connectivity index (χ2n) is 5.82. The van der Waals surface area contributed by atoms with Crippen LogP contribution in [-0.2, 0) is 9.09 Å². The molecule has 0 aliphatic rings. The monoisotopic (exact) mass is 475 g/mol. The van der Waals surface area contributed by atoms with Crippen LogP contribution in [0.2, 0.25) is 0 Å². The first-order valence-corrected chi connectivity index (χ1v) is 12.1. The van der Waals surface area contributed by atoms with Gasteiger partial charge in [0.2, 0.25) is 0 Å². The first-order chi connectivity index (χ1) is 12.9. The number of nitrogens with zero attached hydrogens (tertiary/aromatic N) is 1. The van der Waals surface area contributed by atoms with E-state index in [9.17, 15) is 14.7 Å². The summed E-state index contributed by atoms with van der Waals surface area (Å²) in [5.74, 6) is 0. The number of nitro groups is 1. The Morgan fingerprint density at radius 1 is 1.22 bits per heavy atom. The standard InChI is InChI=1S/C17H23BrN3O4PS/c1-3-11-19-26(24,20-12-10-18)25-13(2)14-4-6-15(7-5-14)16-8-9-17(27-16)21(22)23/h4-9,13H,3,10-12H2,1-2H3,(H2,19,20,24). The molecule has 0 saturated heterocycles. The summed E-state index contributed by atoms with van der Waals surface area (Å²) in [6.07, 6.45) is 0.467. The van der Waals surface area contributed by atoms with Gasteiger partial charge in [-0.3, -0.25) is 19.2 Å². The molecule has 0 spiro atoms. The number of halogens is 1. The van der Waals surface area contributed by atoms with E-state index in [4.69, 9.17) is 4.52 Å². The molecule has 2 rings (SSSR count). The minimum Gasteiger partial charge on any atom is -0.298 e. The smallest absolute Gasteiger partial charge is 0.298 e. The molecule has 0 radical (unpaired) electrons. The lowest BCUT2D eigenvalue weighted by atomic mass is 10.1. The van der Waals surface area contributed by atoms with E-state index in [1.165, 1.54) is 6.07 Å². The molecule has 10 heteroatoms. The number of benzene rings is 1. The van der Waals surface area contributed by atoms with Crippen LogP contribution in [0.4, 0.5) is 5.00 Å². The van der Waals surface area contributed by atoms with Gasteiger partial charge < -0.3 is 0 Å². The Kier molecular flexibility index (Phi) is 8.60. The number of rotatable bonds is 11. The normalized spacial score (nSPS) is 14.6. The van der Waals surface area contributed by atoms with E-state index in [1.807, 2.05) is 38.1 Å². The Hall–Kier alpha value is -1.09. The SMILES string of the molecule is CCCNP(=O)(NCCBr)OC(C)c1ccc(-c2ccc([N+](=O)[O-])s2)cc1. The van der Waals surface area contributed by atoms with E-state index in [0.717, 1.165) is 33.8 Å². The summed E-state index contributed by atoms with van der Waals surface area (Å²) in [5.41, 5.74) is 1.78. The third kappa shape index (κ3) is 6.48.